The molecule has 0 fully saturated rings. The second kappa shape index (κ2) is 5.37. The van der Waals surface area contributed by atoms with Gasteiger partial charge in [-0.05, 0) is 47.0 Å². The van der Waals surface area contributed by atoms with E-state index in [-0.39, 0.29) is 6.10 Å². The van der Waals surface area contributed by atoms with Gasteiger partial charge in [0, 0.05) is 16.7 Å². The molecular weight excluding hydrogens is 242 g/mol. The van der Waals surface area contributed by atoms with Crippen molar-refractivity contribution in [3.63, 3.8) is 0 Å². The Morgan fingerprint density at radius 2 is 2.21 bits per heavy atom. The van der Waals surface area contributed by atoms with Crippen LogP contribution in [-0.2, 0) is 0 Å². The fourth-order valence-corrected chi connectivity index (χ4v) is 1.77. The minimum Gasteiger partial charge on any atom is -0.391 e. The van der Waals surface area contributed by atoms with Crippen molar-refractivity contribution in [2.45, 2.75) is 26.4 Å². The third-order valence-electron chi connectivity index (χ3n) is 2.12. The zero-order valence-corrected chi connectivity index (χ0v) is 10.1. The molecule has 1 atom stereocenters. The fourth-order valence-electron chi connectivity index (χ4n) is 1.14. The molecular formula is C11H16BrNO. The Labute approximate surface area is 93.5 Å². The number of aliphatic hydroxyl groups is 1. The van der Waals surface area contributed by atoms with Gasteiger partial charge >= 0.3 is 0 Å². The van der Waals surface area contributed by atoms with E-state index in [1.165, 1.54) is 5.56 Å². The monoisotopic (exact) mass is 257 g/mol. The van der Waals surface area contributed by atoms with Crippen LogP contribution in [0.1, 0.15) is 18.9 Å². The van der Waals surface area contributed by atoms with E-state index in [0.717, 1.165) is 16.6 Å². The number of hydrogen-bond acceptors (Lipinski definition) is 2. The maximum absolute atomic E-state index is 9.39. The smallest absolute Gasteiger partial charge is 0.0709 e. The standard InChI is InChI=1S/C11H16BrNO/c1-3-9(14)7-13-11-5-4-8(2)6-10(11)12/h4-6,9,13-14H,3,7H2,1-2H3. The van der Waals surface area contributed by atoms with Gasteiger partial charge in [-0.3, -0.25) is 0 Å². The van der Waals surface area contributed by atoms with Crippen LogP contribution in [0, 0.1) is 6.92 Å². The second-order valence-electron chi connectivity index (χ2n) is 3.43. The van der Waals surface area contributed by atoms with E-state index in [2.05, 4.69) is 34.2 Å². The normalized spacial score (nSPS) is 12.6. The molecule has 0 heterocycles. The second-order valence-corrected chi connectivity index (χ2v) is 4.28. The summed E-state index contributed by atoms with van der Waals surface area (Å²) >= 11 is 3.47. The number of anilines is 1. The molecule has 3 heteroatoms. The van der Waals surface area contributed by atoms with Gasteiger partial charge in [0.15, 0.2) is 0 Å². The van der Waals surface area contributed by atoms with Gasteiger partial charge in [0.05, 0.1) is 6.10 Å². The molecule has 0 radical (unpaired) electrons. The van der Waals surface area contributed by atoms with Crippen LogP contribution in [0.2, 0.25) is 0 Å². The van der Waals surface area contributed by atoms with Gasteiger partial charge < -0.3 is 10.4 Å². The quantitative estimate of drug-likeness (QED) is 0.870. The van der Waals surface area contributed by atoms with Crippen molar-refractivity contribution in [3.8, 4) is 0 Å². The molecule has 2 N–H and O–H groups in total. The third kappa shape index (κ3) is 3.31. The molecule has 1 unspecified atom stereocenters. The van der Waals surface area contributed by atoms with Crippen LogP contribution in [0.4, 0.5) is 5.69 Å². The Kier molecular flexibility index (Phi) is 4.42. The van der Waals surface area contributed by atoms with Gasteiger partial charge in [-0.2, -0.15) is 0 Å². The van der Waals surface area contributed by atoms with E-state index in [1.807, 2.05) is 19.1 Å². The van der Waals surface area contributed by atoms with Crippen molar-refractivity contribution in [2.24, 2.45) is 0 Å². The molecule has 0 bridgehead atoms. The summed E-state index contributed by atoms with van der Waals surface area (Å²) in [7, 11) is 0. The highest BCUT2D eigenvalue weighted by Crippen LogP contribution is 2.23. The van der Waals surface area contributed by atoms with Crippen LogP contribution in [0.3, 0.4) is 0 Å². The molecule has 1 aromatic rings. The molecule has 1 rings (SSSR count). The lowest BCUT2D eigenvalue weighted by Crippen LogP contribution is -2.18. The number of nitrogens with one attached hydrogen (secondary N) is 1. The van der Waals surface area contributed by atoms with Gasteiger partial charge in [0.25, 0.3) is 0 Å². The van der Waals surface area contributed by atoms with Gasteiger partial charge in [-0.15, -0.1) is 0 Å². The number of benzene rings is 1. The fraction of sp³-hybridized carbons (Fsp3) is 0.455. The Hall–Kier alpha value is -0.540. The maximum atomic E-state index is 9.39. The predicted octanol–water partition coefficient (Wildman–Crippen LogP) is 2.94. The van der Waals surface area contributed by atoms with Gasteiger partial charge in [0.2, 0.25) is 0 Å². The summed E-state index contributed by atoms with van der Waals surface area (Å²) < 4.78 is 1.04. The number of rotatable bonds is 4. The lowest BCUT2D eigenvalue weighted by molar-refractivity contribution is 0.183. The predicted molar refractivity (Wildman–Crippen MR) is 63.7 cm³/mol. The molecule has 0 amide bonds. The summed E-state index contributed by atoms with van der Waals surface area (Å²) in [6.07, 6.45) is 0.499. The van der Waals surface area contributed by atoms with E-state index < -0.39 is 0 Å². The summed E-state index contributed by atoms with van der Waals surface area (Å²) in [5.74, 6) is 0. The summed E-state index contributed by atoms with van der Waals surface area (Å²) in [6, 6.07) is 6.12. The van der Waals surface area contributed by atoms with Crippen LogP contribution in [0.25, 0.3) is 0 Å². The zero-order valence-electron chi connectivity index (χ0n) is 8.55. The van der Waals surface area contributed by atoms with Crippen molar-refractivity contribution in [1.82, 2.24) is 0 Å². The zero-order chi connectivity index (χ0) is 10.6. The molecule has 2 nitrogen and oxygen atoms in total. The minimum atomic E-state index is -0.275. The van der Waals surface area contributed by atoms with Crippen LogP contribution in [0.15, 0.2) is 22.7 Å². The first-order chi connectivity index (χ1) is 6.63. The number of aryl methyl sites for hydroxylation is 1. The average molecular weight is 258 g/mol. The number of hydrogen-bond donors (Lipinski definition) is 2. The van der Waals surface area contributed by atoms with Crippen molar-refractivity contribution in [1.29, 1.82) is 0 Å². The van der Waals surface area contributed by atoms with Crippen LogP contribution >= 0.6 is 15.9 Å². The Morgan fingerprint density at radius 3 is 2.79 bits per heavy atom. The molecule has 0 aromatic heterocycles. The van der Waals surface area contributed by atoms with Crippen molar-refractivity contribution >= 4 is 21.6 Å². The molecule has 78 valence electrons. The van der Waals surface area contributed by atoms with Gasteiger partial charge in [0.1, 0.15) is 0 Å². The molecule has 0 aliphatic carbocycles. The highest BCUT2D eigenvalue weighted by molar-refractivity contribution is 9.10. The molecule has 14 heavy (non-hydrogen) atoms. The molecule has 0 saturated heterocycles. The summed E-state index contributed by atoms with van der Waals surface area (Å²) in [5, 5.41) is 12.6. The number of aliphatic hydroxyl groups excluding tert-OH is 1. The summed E-state index contributed by atoms with van der Waals surface area (Å²) in [5.41, 5.74) is 2.25. The lowest BCUT2D eigenvalue weighted by Gasteiger charge is -2.12. The lowest BCUT2D eigenvalue weighted by atomic mass is 10.2. The highest BCUT2D eigenvalue weighted by atomic mass is 79.9. The first kappa shape index (κ1) is 11.5. The topological polar surface area (TPSA) is 32.3 Å². The number of halogens is 1. The largest absolute Gasteiger partial charge is 0.391 e. The Balaban J connectivity index is 2.59. The van der Waals surface area contributed by atoms with Crippen LogP contribution in [-0.4, -0.2) is 17.8 Å². The molecule has 0 aliphatic rings. The summed E-state index contributed by atoms with van der Waals surface area (Å²) in [6.45, 7) is 4.62. The van der Waals surface area contributed by atoms with Crippen molar-refractivity contribution < 1.29 is 5.11 Å². The average Bonchev–Trinajstić information content (AvgIpc) is 2.16. The first-order valence-corrected chi connectivity index (χ1v) is 5.61. The Morgan fingerprint density at radius 1 is 1.50 bits per heavy atom. The third-order valence-corrected chi connectivity index (χ3v) is 2.78. The van der Waals surface area contributed by atoms with Gasteiger partial charge in [-0.25, -0.2) is 0 Å². The van der Waals surface area contributed by atoms with Crippen LogP contribution < -0.4 is 5.32 Å². The summed E-state index contributed by atoms with van der Waals surface area (Å²) in [4.78, 5) is 0. The van der Waals surface area contributed by atoms with E-state index in [0.29, 0.717) is 6.54 Å². The van der Waals surface area contributed by atoms with Crippen LogP contribution in [0.5, 0.6) is 0 Å². The van der Waals surface area contributed by atoms with Gasteiger partial charge in [-0.1, -0.05) is 13.0 Å². The molecule has 0 aliphatic heterocycles. The highest BCUT2D eigenvalue weighted by Gasteiger charge is 2.02. The van der Waals surface area contributed by atoms with Crippen molar-refractivity contribution in [2.75, 3.05) is 11.9 Å². The van der Waals surface area contributed by atoms with Crippen molar-refractivity contribution in [3.05, 3.63) is 28.2 Å². The molecule has 0 saturated carbocycles. The molecule has 0 spiro atoms. The minimum absolute atomic E-state index is 0.275. The maximum Gasteiger partial charge on any atom is 0.0709 e. The first-order valence-electron chi connectivity index (χ1n) is 4.81. The van der Waals surface area contributed by atoms with E-state index in [9.17, 15) is 5.11 Å². The van der Waals surface area contributed by atoms with E-state index in [1.54, 1.807) is 0 Å². The Bertz CT molecular complexity index is 301. The molecule has 1 aromatic carbocycles. The SMILES string of the molecule is CCC(O)CNc1ccc(C)cc1Br. The van der Waals surface area contributed by atoms with E-state index in [4.69, 9.17) is 0 Å². The van der Waals surface area contributed by atoms with E-state index >= 15 is 0 Å².